The van der Waals surface area contributed by atoms with E-state index in [4.69, 9.17) is 0 Å². The van der Waals surface area contributed by atoms with Gasteiger partial charge in [-0.2, -0.15) is 10.2 Å². The molecule has 2 aromatic heterocycles. The summed E-state index contributed by atoms with van der Waals surface area (Å²) >= 11 is 0. The monoisotopic (exact) mass is 352 g/mol. The summed E-state index contributed by atoms with van der Waals surface area (Å²) in [4.78, 5) is 6.55. The lowest BCUT2D eigenvalue weighted by Crippen LogP contribution is -2.44. The molecule has 0 atom stereocenters. The van der Waals surface area contributed by atoms with Crippen molar-refractivity contribution in [3.05, 3.63) is 47.8 Å². The maximum Gasteiger partial charge on any atom is 0.148 e. The Labute approximate surface area is 147 Å². The molecular weight excluding hydrogens is 338 g/mol. The first-order valence-corrected chi connectivity index (χ1v) is 8.55. The quantitative estimate of drug-likeness (QED) is 0.731. The minimum Gasteiger partial charge on any atom is -0.309 e. The Balaban J connectivity index is 1.67. The fraction of sp³-hybridized carbons (Fsp3) is 0.278. The molecule has 1 aliphatic carbocycles. The minimum absolute atomic E-state index is 0.106. The molecule has 0 radical (unpaired) electrons. The molecule has 1 N–H and O–H groups in total. The second-order valence-electron chi connectivity index (χ2n) is 7.29. The van der Waals surface area contributed by atoms with E-state index in [1.165, 1.54) is 18.2 Å². The predicted molar refractivity (Wildman–Crippen MR) is 91.4 cm³/mol. The predicted octanol–water partition coefficient (Wildman–Crippen LogP) is 3.24. The van der Waals surface area contributed by atoms with Crippen molar-refractivity contribution in [2.45, 2.75) is 19.4 Å². The topological polar surface area (TPSA) is 62.1 Å². The number of amidine groups is 1. The maximum atomic E-state index is 14.6. The van der Waals surface area contributed by atoms with E-state index in [1.54, 1.807) is 12.4 Å². The number of benzene rings is 1. The SMILES string of the molecule is Fc1cccc(F)c1C1=Nc2cn[nH]c2-c2cnn3c2N1CC1(CC1)C3. The Kier molecular flexibility index (Phi) is 2.49. The largest absolute Gasteiger partial charge is 0.309 e. The second-order valence-corrected chi connectivity index (χ2v) is 7.29. The van der Waals surface area contributed by atoms with Gasteiger partial charge in [-0.15, -0.1) is 0 Å². The number of halogens is 2. The number of nitrogens with zero attached hydrogens (tertiary/aromatic N) is 5. The van der Waals surface area contributed by atoms with Gasteiger partial charge in [-0.25, -0.2) is 18.5 Å². The number of rotatable bonds is 1. The molecular formula is C18H14F2N6. The van der Waals surface area contributed by atoms with Crippen molar-refractivity contribution in [2.75, 3.05) is 11.4 Å². The van der Waals surface area contributed by atoms with Crippen LogP contribution >= 0.6 is 0 Å². The van der Waals surface area contributed by atoms with E-state index < -0.39 is 11.6 Å². The third kappa shape index (κ3) is 1.76. The Morgan fingerprint density at radius 3 is 2.65 bits per heavy atom. The molecule has 26 heavy (non-hydrogen) atoms. The number of aromatic nitrogens is 4. The minimum atomic E-state index is -0.626. The molecule has 8 heteroatoms. The van der Waals surface area contributed by atoms with Gasteiger partial charge in [0, 0.05) is 12.0 Å². The van der Waals surface area contributed by atoms with E-state index in [-0.39, 0.29) is 16.8 Å². The number of anilines is 1. The molecule has 1 aromatic carbocycles. The van der Waals surface area contributed by atoms with Crippen LogP contribution in [0.5, 0.6) is 0 Å². The molecule has 1 saturated carbocycles. The van der Waals surface area contributed by atoms with Crippen molar-refractivity contribution in [3.63, 3.8) is 0 Å². The zero-order valence-corrected chi connectivity index (χ0v) is 13.7. The van der Waals surface area contributed by atoms with Gasteiger partial charge in [0.1, 0.15) is 29.0 Å². The van der Waals surface area contributed by atoms with Crippen molar-refractivity contribution in [1.29, 1.82) is 0 Å². The third-order valence-corrected chi connectivity index (χ3v) is 5.56. The molecule has 0 saturated heterocycles. The molecule has 6 nitrogen and oxygen atoms in total. The van der Waals surface area contributed by atoms with Gasteiger partial charge >= 0.3 is 0 Å². The Bertz CT molecular complexity index is 1070. The molecule has 0 bridgehead atoms. The van der Waals surface area contributed by atoms with Crippen molar-refractivity contribution in [3.8, 4) is 11.3 Å². The summed E-state index contributed by atoms with van der Waals surface area (Å²) in [5, 5.41) is 11.5. The fourth-order valence-corrected chi connectivity index (χ4v) is 4.04. The van der Waals surface area contributed by atoms with Crippen LogP contribution in [0.15, 0.2) is 35.6 Å². The number of aromatic amines is 1. The fourth-order valence-electron chi connectivity index (χ4n) is 4.04. The molecule has 0 amide bonds. The van der Waals surface area contributed by atoms with E-state index in [0.717, 1.165) is 36.5 Å². The average molecular weight is 352 g/mol. The summed E-state index contributed by atoms with van der Waals surface area (Å²) < 4.78 is 31.2. The molecule has 2 aliphatic heterocycles. The second kappa shape index (κ2) is 4.57. The molecule has 130 valence electrons. The first-order valence-electron chi connectivity index (χ1n) is 8.55. The summed E-state index contributed by atoms with van der Waals surface area (Å²) in [5.74, 6) is -0.167. The molecule has 1 fully saturated rings. The third-order valence-electron chi connectivity index (χ3n) is 5.56. The van der Waals surface area contributed by atoms with Gasteiger partial charge < -0.3 is 4.90 Å². The summed E-state index contributed by atoms with van der Waals surface area (Å²) in [6, 6.07) is 3.89. The van der Waals surface area contributed by atoms with Crippen molar-refractivity contribution < 1.29 is 8.78 Å². The van der Waals surface area contributed by atoms with E-state index in [1.807, 2.05) is 9.58 Å². The lowest BCUT2D eigenvalue weighted by atomic mass is 10.0. The van der Waals surface area contributed by atoms with Crippen LogP contribution in [0.2, 0.25) is 0 Å². The van der Waals surface area contributed by atoms with Crippen LogP contribution in [0.1, 0.15) is 18.4 Å². The zero-order valence-electron chi connectivity index (χ0n) is 13.7. The van der Waals surface area contributed by atoms with Gasteiger partial charge in [-0.05, 0) is 25.0 Å². The van der Waals surface area contributed by atoms with Gasteiger partial charge in [0.25, 0.3) is 0 Å². The smallest absolute Gasteiger partial charge is 0.148 e. The highest BCUT2D eigenvalue weighted by molar-refractivity contribution is 6.14. The van der Waals surface area contributed by atoms with Crippen LogP contribution < -0.4 is 4.90 Å². The van der Waals surface area contributed by atoms with E-state index >= 15 is 0 Å². The lowest BCUT2D eigenvalue weighted by molar-refractivity contribution is 0.378. The molecule has 1 spiro atoms. The molecule has 0 unspecified atom stereocenters. The molecule has 3 aliphatic rings. The van der Waals surface area contributed by atoms with E-state index in [2.05, 4.69) is 20.3 Å². The number of H-pyrrole nitrogens is 1. The lowest BCUT2D eigenvalue weighted by Gasteiger charge is -2.35. The van der Waals surface area contributed by atoms with E-state index in [0.29, 0.717) is 12.2 Å². The number of hydrogen-bond acceptors (Lipinski definition) is 4. The van der Waals surface area contributed by atoms with Gasteiger partial charge in [0.2, 0.25) is 0 Å². The summed E-state index contributed by atoms with van der Waals surface area (Å²) in [5.41, 5.74) is 2.11. The standard InChI is InChI=1S/C18H14F2N6/c19-11-2-1-3-12(20)14(11)16-23-13-7-21-24-15(13)10-6-22-26-9-18(4-5-18)8-25(16)17(10)26/h1-3,6-7H,4-5,8-9H2,(H,21,24). The summed E-state index contributed by atoms with van der Waals surface area (Å²) in [6.07, 6.45) is 5.51. The van der Waals surface area contributed by atoms with Crippen molar-refractivity contribution in [1.82, 2.24) is 20.0 Å². The Morgan fingerprint density at radius 2 is 1.88 bits per heavy atom. The summed E-state index contributed by atoms with van der Waals surface area (Å²) in [7, 11) is 0. The Hall–Kier alpha value is -3.03. The van der Waals surface area contributed by atoms with Gasteiger partial charge in [0.05, 0.1) is 35.8 Å². The van der Waals surface area contributed by atoms with Crippen LogP contribution in [0.4, 0.5) is 20.3 Å². The van der Waals surface area contributed by atoms with Crippen LogP contribution in [0.3, 0.4) is 0 Å². The summed E-state index contributed by atoms with van der Waals surface area (Å²) in [6.45, 7) is 1.49. The van der Waals surface area contributed by atoms with Gasteiger partial charge in [0.15, 0.2) is 0 Å². The van der Waals surface area contributed by atoms with Crippen LogP contribution in [-0.2, 0) is 6.54 Å². The van der Waals surface area contributed by atoms with Crippen molar-refractivity contribution >= 4 is 17.3 Å². The first-order chi connectivity index (χ1) is 12.7. The van der Waals surface area contributed by atoms with Crippen molar-refractivity contribution in [2.24, 2.45) is 10.4 Å². The number of hydrogen-bond donors (Lipinski definition) is 1. The van der Waals surface area contributed by atoms with Crippen LogP contribution in [0.25, 0.3) is 11.3 Å². The molecule has 4 heterocycles. The van der Waals surface area contributed by atoms with Gasteiger partial charge in [-0.1, -0.05) is 6.07 Å². The number of fused-ring (bicyclic) bond motifs is 2. The molecule has 3 aromatic rings. The van der Waals surface area contributed by atoms with Gasteiger partial charge in [-0.3, -0.25) is 5.10 Å². The highest BCUT2D eigenvalue weighted by Crippen LogP contribution is 2.53. The average Bonchev–Trinajstić information content (AvgIpc) is 3.03. The highest BCUT2D eigenvalue weighted by Gasteiger charge is 2.50. The zero-order chi connectivity index (χ0) is 17.5. The van der Waals surface area contributed by atoms with Crippen LogP contribution in [0, 0.1) is 17.0 Å². The van der Waals surface area contributed by atoms with E-state index in [9.17, 15) is 8.78 Å². The maximum absolute atomic E-state index is 14.6. The highest BCUT2D eigenvalue weighted by atomic mass is 19.1. The van der Waals surface area contributed by atoms with Crippen LogP contribution in [-0.4, -0.2) is 32.4 Å². The number of nitrogens with one attached hydrogen (secondary N) is 1. The molecule has 6 rings (SSSR count). The Morgan fingerprint density at radius 1 is 1.08 bits per heavy atom. The normalized spacial score (nSPS) is 19.0. The first kappa shape index (κ1) is 14.2. The number of aliphatic imine (C=N–C) groups is 1.